The lowest BCUT2D eigenvalue weighted by Gasteiger charge is -2.04. The average Bonchev–Trinajstić information content (AvgIpc) is 2.65. The molecule has 2 aromatic rings. The van der Waals surface area contributed by atoms with Gasteiger partial charge in [-0.1, -0.05) is 12.1 Å². The molecular weight excluding hydrogens is 210 g/mol. The highest BCUT2D eigenvalue weighted by Crippen LogP contribution is 2.11. The lowest BCUT2D eigenvalue weighted by atomic mass is 10.2. The third-order valence-electron chi connectivity index (χ3n) is 2.05. The molecule has 0 aliphatic heterocycles. The number of aromatic amines is 1. The van der Waals surface area contributed by atoms with E-state index in [0.717, 1.165) is 11.3 Å². The Morgan fingerprint density at radius 2 is 2.40 bits per heavy atom. The lowest BCUT2D eigenvalue weighted by molar-refractivity contribution is 0.185. The van der Waals surface area contributed by atoms with Crippen molar-refractivity contribution in [1.82, 2.24) is 14.8 Å². The van der Waals surface area contributed by atoms with Crippen molar-refractivity contribution in [2.24, 2.45) is 0 Å². The summed E-state index contributed by atoms with van der Waals surface area (Å²) in [6, 6.07) is 7.98. The first-order valence-corrected chi connectivity index (χ1v) is 4.92. The second-order valence-corrected chi connectivity index (χ2v) is 3.52. The van der Waals surface area contributed by atoms with Crippen LogP contribution in [-0.2, 0) is 11.3 Å². The van der Waals surface area contributed by atoms with E-state index in [2.05, 4.69) is 10.2 Å². The standard InChI is InChI=1S/C10H11N3OS/c1-14-6-8-3-2-4-9(5-8)13-7-11-12-10(13)15/h2-5,7H,6H2,1H3,(H,12,15). The zero-order valence-electron chi connectivity index (χ0n) is 8.30. The highest BCUT2D eigenvalue weighted by atomic mass is 32.1. The number of hydrogen-bond acceptors (Lipinski definition) is 3. The largest absolute Gasteiger partial charge is 0.380 e. The molecule has 0 radical (unpaired) electrons. The van der Waals surface area contributed by atoms with Crippen molar-refractivity contribution in [3.63, 3.8) is 0 Å². The van der Waals surface area contributed by atoms with Gasteiger partial charge in [0.1, 0.15) is 6.33 Å². The summed E-state index contributed by atoms with van der Waals surface area (Å²) in [5.41, 5.74) is 2.10. The fraction of sp³-hybridized carbons (Fsp3) is 0.200. The van der Waals surface area contributed by atoms with E-state index in [1.54, 1.807) is 13.4 Å². The summed E-state index contributed by atoms with van der Waals surface area (Å²) in [5.74, 6) is 0. The Morgan fingerprint density at radius 1 is 1.53 bits per heavy atom. The first-order valence-electron chi connectivity index (χ1n) is 4.51. The SMILES string of the molecule is COCc1cccc(-n2cn[nH]c2=S)c1. The van der Waals surface area contributed by atoms with Crippen LogP contribution in [0.3, 0.4) is 0 Å². The molecule has 0 bridgehead atoms. The number of benzene rings is 1. The summed E-state index contributed by atoms with van der Waals surface area (Å²) in [6.45, 7) is 0.596. The minimum atomic E-state index is 0.588. The highest BCUT2D eigenvalue weighted by molar-refractivity contribution is 7.71. The Labute approximate surface area is 92.5 Å². The summed E-state index contributed by atoms with van der Waals surface area (Å²) in [6.07, 6.45) is 1.66. The summed E-state index contributed by atoms with van der Waals surface area (Å²) < 4.78 is 7.47. The lowest BCUT2D eigenvalue weighted by Crippen LogP contribution is -1.94. The summed E-state index contributed by atoms with van der Waals surface area (Å²) >= 11 is 5.09. The van der Waals surface area contributed by atoms with E-state index >= 15 is 0 Å². The van der Waals surface area contributed by atoms with Gasteiger partial charge in [-0.15, -0.1) is 0 Å². The summed E-state index contributed by atoms with van der Waals surface area (Å²) in [5, 5.41) is 6.59. The van der Waals surface area contributed by atoms with E-state index in [1.807, 2.05) is 28.8 Å². The molecule has 2 rings (SSSR count). The van der Waals surface area contributed by atoms with E-state index in [-0.39, 0.29) is 0 Å². The van der Waals surface area contributed by atoms with Crippen LogP contribution in [-0.4, -0.2) is 21.9 Å². The molecule has 4 nitrogen and oxygen atoms in total. The van der Waals surface area contributed by atoms with Crippen molar-refractivity contribution < 1.29 is 4.74 Å². The van der Waals surface area contributed by atoms with E-state index in [1.165, 1.54) is 0 Å². The van der Waals surface area contributed by atoms with E-state index in [4.69, 9.17) is 17.0 Å². The predicted octanol–water partition coefficient (Wildman–Crippen LogP) is 2.08. The first-order chi connectivity index (χ1) is 7.31. The van der Waals surface area contributed by atoms with Gasteiger partial charge in [0.15, 0.2) is 4.77 Å². The van der Waals surface area contributed by atoms with E-state index in [0.29, 0.717) is 11.4 Å². The van der Waals surface area contributed by atoms with Gasteiger partial charge in [0, 0.05) is 12.8 Å². The van der Waals surface area contributed by atoms with Gasteiger partial charge in [-0.05, 0) is 29.9 Å². The molecule has 5 heteroatoms. The van der Waals surface area contributed by atoms with Crippen molar-refractivity contribution in [3.8, 4) is 5.69 Å². The van der Waals surface area contributed by atoms with Crippen LogP contribution in [0.1, 0.15) is 5.56 Å². The first kappa shape index (κ1) is 10.1. The third-order valence-corrected chi connectivity index (χ3v) is 2.34. The zero-order chi connectivity index (χ0) is 10.7. The van der Waals surface area contributed by atoms with Crippen molar-refractivity contribution >= 4 is 12.2 Å². The van der Waals surface area contributed by atoms with Gasteiger partial charge in [0.25, 0.3) is 0 Å². The van der Waals surface area contributed by atoms with Gasteiger partial charge < -0.3 is 4.74 Å². The third kappa shape index (κ3) is 2.14. The fourth-order valence-electron chi connectivity index (χ4n) is 1.39. The monoisotopic (exact) mass is 221 g/mol. The second-order valence-electron chi connectivity index (χ2n) is 3.13. The van der Waals surface area contributed by atoms with Crippen molar-refractivity contribution in [3.05, 3.63) is 40.9 Å². The minimum Gasteiger partial charge on any atom is -0.380 e. The van der Waals surface area contributed by atoms with Crippen LogP contribution in [0.25, 0.3) is 5.69 Å². The number of aromatic nitrogens is 3. The van der Waals surface area contributed by atoms with Crippen LogP contribution in [0.15, 0.2) is 30.6 Å². The average molecular weight is 221 g/mol. The molecule has 1 aromatic carbocycles. The molecule has 0 amide bonds. The Hall–Kier alpha value is -1.46. The van der Waals surface area contributed by atoms with Crippen LogP contribution in [0.5, 0.6) is 0 Å². The van der Waals surface area contributed by atoms with Crippen molar-refractivity contribution in [2.75, 3.05) is 7.11 Å². The molecule has 15 heavy (non-hydrogen) atoms. The Kier molecular flexibility index (Phi) is 2.94. The molecule has 0 saturated heterocycles. The maximum atomic E-state index is 5.09. The van der Waals surface area contributed by atoms with Crippen molar-refractivity contribution in [2.45, 2.75) is 6.61 Å². The maximum absolute atomic E-state index is 5.09. The minimum absolute atomic E-state index is 0.588. The van der Waals surface area contributed by atoms with Gasteiger partial charge in [-0.2, -0.15) is 5.10 Å². The zero-order valence-corrected chi connectivity index (χ0v) is 9.12. The molecular formula is C10H11N3OS. The maximum Gasteiger partial charge on any atom is 0.199 e. The number of ether oxygens (including phenoxy) is 1. The molecule has 0 saturated carbocycles. The van der Waals surface area contributed by atoms with Gasteiger partial charge in [0.2, 0.25) is 0 Å². The number of methoxy groups -OCH3 is 1. The van der Waals surface area contributed by atoms with Crippen LogP contribution < -0.4 is 0 Å². The molecule has 0 unspecified atom stereocenters. The van der Waals surface area contributed by atoms with Crippen molar-refractivity contribution in [1.29, 1.82) is 0 Å². The highest BCUT2D eigenvalue weighted by Gasteiger charge is 1.99. The number of H-pyrrole nitrogens is 1. The van der Waals surface area contributed by atoms with E-state index < -0.39 is 0 Å². The molecule has 1 N–H and O–H groups in total. The second kappa shape index (κ2) is 4.37. The van der Waals surface area contributed by atoms with Gasteiger partial charge in [-0.25, -0.2) is 0 Å². The van der Waals surface area contributed by atoms with E-state index in [9.17, 15) is 0 Å². The molecule has 0 spiro atoms. The Balaban J connectivity index is 2.41. The normalized spacial score (nSPS) is 10.5. The number of rotatable bonds is 3. The molecule has 0 aliphatic rings. The predicted molar refractivity (Wildman–Crippen MR) is 59.5 cm³/mol. The molecule has 0 fully saturated rings. The smallest absolute Gasteiger partial charge is 0.199 e. The van der Waals surface area contributed by atoms with Gasteiger partial charge in [0.05, 0.1) is 6.61 Å². The summed E-state index contributed by atoms with van der Waals surface area (Å²) in [4.78, 5) is 0. The van der Waals surface area contributed by atoms with Crippen LogP contribution >= 0.6 is 12.2 Å². The van der Waals surface area contributed by atoms with Gasteiger partial charge >= 0.3 is 0 Å². The molecule has 1 heterocycles. The Bertz CT molecular complexity index is 503. The van der Waals surface area contributed by atoms with Crippen LogP contribution in [0.2, 0.25) is 0 Å². The number of hydrogen-bond donors (Lipinski definition) is 1. The topological polar surface area (TPSA) is 42.8 Å². The molecule has 1 aromatic heterocycles. The van der Waals surface area contributed by atoms with Crippen LogP contribution in [0.4, 0.5) is 0 Å². The number of nitrogens with one attached hydrogen (secondary N) is 1. The molecule has 78 valence electrons. The molecule has 0 atom stereocenters. The Morgan fingerprint density at radius 3 is 3.07 bits per heavy atom. The quantitative estimate of drug-likeness (QED) is 0.807. The fourth-order valence-corrected chi connectivity index (χ4v) is 1.60. The van der Waals surface area contributed by atoms with Gasteiger partial charge in [-0.3, -0.25) is 9.67 Å². The van der Waals surface area contributed by atoms with Crippen LogP contribution in [0, 0.1) is 4.77 Å². The molecule has 0 aliphatic carbocycles. The summed E-state index contributed by atoms with van der Waals surface area (Å²) in [7, 11) is 1.68. The number of nitrogens with zero attached hydrogens (tertiary/aromatic N) is 2.